The van der Waals surface area contributed by atoms with E-state index in [0.29, 0.717) is 29.3 Å². The molecule has 0 saturated heterocycles. The fraction of sp³-hybridized carbons (Fsp3) is 0. The fourth-order valence-electron chi connectivity index (χ4n) is 2.65. The molecular formula is C20H16ClN5O6S. The van der Waals surface area contributed by atoms with Crippen LogP contribution in [-0.4, -0.2) is 49.9 Å². The average molecular weight is 490 g/mol. The minimum absolute atomic E-state index is 0.0779. The summed E-state index contributed by atoms with van der Waals surface area (Å²) in [6.07, 6.45) is 6.09. The van der Waals surface area contributed by atoms with Gasteiger partial charge >= 0.3 is 11.9 Å². The maximum absolute atomic E-state index is 12.7. The summed E-state index contributed by atoms with van der Waals surface area (Å²) in [6.45, 7) is 0. The molecule has 3 heterocycles. The number of halogens is 1. The number of imidazole rings is 2. The van der Waals surface area contributed by atoms with Crippen LogP contribution in [0.4, 0.5) is 5.69 Å². The predicted octanol–water partition coefficient (Wildman–Crippen LogP) is 2.89. The van der Waals surface area contributed by atoms with Gasteiger partial charge in [0.05, 0.1) is 0 Å². The summed E-state index contributed by atoms with van der Waals surface area (Å²) in [5.41, 5.74) is 1.72. The first-order chi connectivity index (χ1) is 15.7. The van der Waals surface area contributed by atoms with Gasteiger partial charge in [-0.25, -0.2) is 19.6 Å². The molecule has 0 spiro atoms. The molecule has 0 amide bonds. The Labute approximate surface area is 192 Å². The van der Waals surface area contributed by atoms with Gasteiger partial charge in [0, 0.05) is 42.0 Å². The zero-order valence-electron chi connectivity index (χ0n) is 16.6. The van der Waals surface area contributed by atoms with Crippen LogP contribution in [-0.2, 0) is 19.6 Å². The standard InChI is InChI=1S/C16H12ClN5O2S.C4H4O4/c17-14-16(22-10-2-1-3-13(22)20-14)25(23,24)21-12-6-4-11(5-7-12)15-18-8-9-19-15;5-3(6)1-2-4(7)8/h1-10,21H,(H,18,19);1-2H,(H,5,6)(H,7,8). The number of anilines is 1. The van der Waals surface area contributed by atoms with Gasteiger partial charge in [0.15, 0.2) is 10.2 Å². The molecule has 0 unspecified atom stereocenters. The maximum atomic E-state index is 12.7. The Bertz CT molecular complexity index is 1400. The smallest absolute Gasteiger partial charge is 0.328 e. The molecule has 4 rings (SSSR count). The summed E-state index contributed by atoms with van der Waals surface area (Å²) in [4.78, 5) is 30.3. The van der Waals surface area contributed by atoms with Gasteiger partial charge in [-0.15, -0.1) is 0 Å². The van der Waals surface area contributed by atoms with E-state index in [1.165, 1.54) is 4.40 Å². The van der Waals surface area contributed by atoms with E-state index in [1.54, 1.807) is 61.1 Å². The zero-order valence-corrected chi connectivity index (χ0v) is 18.2. The topological polar surface area (TPSA) is 167 Å². The van der Waals surface area contributed by atoms with Gasteiger partial charge in [-0.3, -0.25) is 9.12 Å². The molecule has 11 nitrogen and oxygen atoms in total. The van der Waals surface area contributed by atoms with Crippen LogP contribution >= 0.6 is 11.6 Å². The van der Waals surface area contributed by atoms with Crippen molar-refractivity contribution in [2.24, 2.45) is 0 Å². The largest absolute Gasteiger partial charge is 0.478 e. The average Bonchev–Trinajstić information content (AvgIpc) is 3.40. The number of aliphatic carboxylic acids is 2. The highest BCUT2D eigenvalue weighted by Gasteiger charge is 2.24. The number of H-pyrrole nitrogens is 1. The van der Waals surface area contributed by atoms with E-state index < -0.39 is 22.0 Å². The Balaban J connectivity index is 0.000000331. The lowest BCUT2D eigenvalue weighted by Crippen LogP contribution is -2.15. The summed E-state index contributed by atoms with van der Waals surface area (Å²) in [5, 5.41) is 15.4. The fourth-order valence-corrected chi connectivity index (χ4v) is 4.36. The first-order valence-corrected chi connectivity index (χ1v) is 10.9. The lowest BCUT2D eigenvalue weighted by molar-refractivity contribution is -0.134. The van der Waals surface area contributed by atoms with Crippen LogP contribution in [0.5, 0.6) is 0 Å². The molecule has 0 atom stereocenters. The number of nitrogens with one attached hydrogen (secondary N) is 2. The van der Waals surface area contributed by atoms with E-state index in [4.69, 9.17) is 21.8 Å². The van der Waals surface area contributed by atoms with Gasteiger partial charge in [0.25, 0.3) is 10.0 Å². The SMILES string of the molecule is O=C(O)C=CC(=O)O.O=S(=O)(Nc1ccc(-c2ncc[nH]2)cc1)c1c(Cl)nc2ccccn12. The molecule has 0 saturated carbocycles. The van der Waals surface area contributed by atoms with Crippen molar-refractivity contribution < 1.29 is 28.2 Å². The Morgan fingerprint density at radius 1 is 1.06 bits per heavy atom. The van der Waals surface area contributed by atoms with Crippen LogP contribution in [0.25, 0.3) is 17.0 Å². The van der Waals surface area contributed by atoms with Gasteiger partial charge in [-0.2, -0.15) is 8.42 Å². The second-order valence-electron chi connectivity index (χ2n) is 6.27. The number of hydrogen-bond acceptors (Lipinski definition) is 6. The first kappa shape index (κ1) is 23.5. The van der Waals surface area contributed by atoms with E-state index in [-0.39, 0.29) is 10.2 Å². The van der Waals surface area contributed by atoms with Crippen molar-refractivity contribution >= 4 is 44.9 Å². The summed E-state index contributed by atoms with van der Waals surface area (Å²) in [6, 6.07) is 12.0. The van der Waals surface area contributed by atoms with Gasteiger partial charge in [0.1, 0.15) is 11.5 Å². The molecule has 1 aromatic carbocycles. The number of fused-ring (bicyclic) bond motifs is 1. The number of benzene rings is 1. The number of nitrogens with zero attached hydrogens (tertiary/aromatic N) is 3. The molecule has 0 aliphatic rings. The molecule has 0 aliphatic carbocycles. The number of pyridine rings is 1. The molecule has 0 fully saturated rings. The van der Waals surface area contributed by atoms with Crippen molar-refractivity contribution in [2.45, 2.75) is 5.03 Å². The number of hydrogen-bond donors (Lipinski definition) is 4. The number of rotatable bonds is 6. The Morgan fingerprint density at radius 3 is 2.30 bits per heavy atom. The molecule has 3 aromatic heterocycles. The minimum atomic E-state index is -3.90. The monoisotopic (exact) mass is 489 g/mol. The normalized spacial score (nSPS) is 11.2. The van der Waals surface area contributed by atoms with Gasteiger partial charge in [-0.1, -0.05) is 17.7 Å². The molecule has 0 aliphatic heterocycles. The third-order valence-corrected chi connectivity index (χ3v) is 5.76. The van der Waals surface area contributed by atoms with Crippen molar-refractivity contribution in [1.29, 1.82) is 0 Å². The molecule has 13 heteroatoms. The van der Waals surface area contributed by atoms with E-state index in [1.807, 2.05) is 0 Å². The molecule has 170 valence electrons. The number of carbonyl (C=O) groups is 2. The van der Waals surface area contributed by atoms with Crippen LogP contribution in [0.15, 0.2) is 78.2 Å². The van der Waals surface area contributed by atoms with E-state index in [2.05, 4.69) is 19.7 Å². The Morgan fingerprint density at radius 2 is 1.73 bits per heavy atom. The van der Waals surface area contributed by atoms with Crippen molar-refractivity contribution in [3.8, 4) is 11.4 Å². The van der Waals surface area contributed by atoms with Crippen LogP contribution in [0.1, 0.15) is 0 Å². The highest BCUT2D eigenvalue weighted by molar-refractivity contribution is 7.92. The molecule has 4 aromatic rings. The molecule has 33 heavy (non-hydrogen) atoms. The first-order valence-electron chi connectivity index (χ1n) is 9.06. The van der Waals surface area contributed by atoms with E-state index >= 15 is 0 Å². The number of carboxylic acids is 2. The number of sulfonamides is 1. The Hall–Kier alpha value is -4.16. The second-order valence-corrected chi connectivity index (χ2v) is 8.22. The lowest BCUT2D eigenvalue weighted by Gasteiger charge is -2.08. The number of aromatic nitrogens is 4. The van der Waals surface area contributed by atoms with E-state index in [9.17, 15) is 18.0 Å². The lowest BCUT2D eigenvalue weighted by atomic mass is 10.2. The maximum Gasteiger partial charge on any atom is 0.328 e. The number of carboxylic acid groups (broad SMARTS) is 2. The Kier molecular flexibility index (Phi) is 7.10. The summed E-state index contributed by atoms with van der Waals surface area (Å²) in [7, 11) is -3.90. The van der Waals surface area contributed by atoms with Crippen LogP contribution in [0, 0.1) is 0 Å². The molecule has 4 N–H and O–H groups in total. The molecule has 0 radical (unpaired) electrons. The summed E-state index contributed by atoms with van der Waals surface area (Å²) < 4.78 is 29.4. The third kappa shape index (κ3) is 5.96. The minimum Gasteiger partial charge on any atom is -0.478 e. The van der Waals surface area contributed by atoms with Gasteiger partial charge in [0.2, 0.25) is 0 Å². The van der Waals surface area contributed by atoms with Gasteiger partial charge in [-0.05, 0) is 36.4 Å². The zero-order chi connectivity index (χ0) is 24.0. The van der Waals surface area contributed by atoms with Crippen LogP contribution in [0.3, 0.4) is 0 Å². The molecule has 0 bridgehead atoms. The van der Waals surface area contributed by atoms with Crippen molar-refractivity contribution in [1.82, 2.24) is 19.4 Å². The highest BCUT2D eigenvalue weighted by atomic mass is 35.5. The van der Waals surface area contributed by atoms with Crippen molar-refractivity contribution in [2.75, 3.05) is 4.72 Å². The highest BCUT2D eigenvalue weighted by Crippen LogP contribution is 2.25. The molecular weight excluding hydrogens is 474 g/mol. The van der Waals surface area contributed by atoms with Crippen LogP contribution in [0.2, 0.25) is 5.15 Å². The van der Waals surface area contributed by atoms with Gasteiger partial charge < -0.3 is 15.2 Å². The number of aromatic amines is 1. The summed E-state index contributed by atoms with van der Waals surface area (Å²) >= 11 is 6.05. The second kappa shape index (κ2) is 9.97. The quantitative estimate of drug-likeness (QED) is 0.300. The van der Waals surface area contributed by atoms with Crippen molar-refractivity contribution in [3.05, 3.63) is 78.4 Å². The predicted molar refractivity (Wildman–Crippen MR) is 119 cm³/mol. The summed E-state index contributed by atoms with van der Waals surface area (Å²) in [5.74, 6) is -1.81. The third-order valence-electron chi connectivity index (χ3n) is 3.98. The van der Waals surface area contributed by atoms with E-state index in [0.717, 1.165) is 5.56 Å². The van der Waals surface area contributed by atoms with Crippen molar-refractivity contribution in [3.63, 3.8) is 0 Å². The van der Waals surface area contributed by atoms with Crippen LogP contribution < -0.4 is 4.72 Å².